The quantitative estimate of drug-likeness (QED) is 0.859. The fourth-order valence-electron chi connectivity index (χ4n) is 3.01. The van der Waals surface area contributed by atoms with Crippen molar-refractivity contribution in [3.8, 4) is 11.5 Å². The SMILES string of the molecule is CCOC(=O)C1=C(C)NC(=O)CC1Cc1ccc2c(c1)OCO2. The molecule has 1 unspecified atom stereocenters. The normalized spacial score (nSPS) is 19.6. The molecule has 0 radical (unpaired) electrons. The first-order valence-electron chi connectivity index (χ1n) is 7.64. The predicted octanol–water partition coefficient (Wildman–Crippen LogP) is 1.93. The lowest BCUT2D eigenvalue weighted by Gasteiger charge is -2.26. The van der Waals surface area contributed by atoms with Crippen LogP contribution in [0.2, 0.25) is 0 Å². The summed E-state index contributed by atoms with van der Waals surface area (Å²) in [6.07, 6.45) is 0.829. The molecule has 0 aromatic heterocycles. The van der Waals surface area contributed by atoms with Crippen LogP contribution in [0.3, 0.4) is 0 Å². The van der Waals surface area contributed by atoms with E-state index in [0.717, 1.165) is 5.56 Å². The molecule has 0 saturated heterocycles. The molecule has 122 valence electrons. The highest BCUT2D eigenvalue weighted by atomic mass is 16.7. The summed E-state index contributed by atoms with van der Waals surface area (Å²) in [7, 11) is 0. The van der Waals surface area contributed by atoms with Crippen molar-refractivity contribution in [3.63, 3.8) is 0 Å². The zero-order valence-electron chi connectivity index (χ0n) is 13.2. The van der Waals surface area contributed by atoms with Crippen molar-refractivity contribution in [1.82, 2.24) is 5.32 Å². The van der Waals surface area contributed by atoms with E-state index in [1.807, 2.05) is 18.2 Å². The maximum Gasteiger partial charge on any atom is 0.336 e. The lowest BCUT2D eigenvalue weighted by atomic mass is 9.85. The monoisotopic (exact) mass is 317 g/mol. The number of esters is 1. The largest absolute Gasteiger partial charge is 0.463 e. The van der Waals surface area contributed by atoms with Gasteiger partial charge >= 0.3 is 5.97 Å². The Morgan fingerprint density at radius 1 is 1.35 bits per heavy atom. The van der Waals surface area contributed by atoms with Gasteiger partial charge in [0.05, 0.1) is 12.2 Å². The van der Waals surface area contributed by atoms with Crippen molar-refractivity contribution in [2.45, 2.75) is 26.7 Å². The molecule has 0 bridgehead atoms. The van der Waals surface area contributed by atoms with Crippen LogP contribution in [0.1, 0.15) is 25.8 Å². The standard InChI is InChI=1S/C17H19NO5/c1-3-21-17(20)16-10(2)18-15(19)8-12(16)6-11-4-5-13-14(7-11)23-9-22-13/h4-5,7,12H,3,6,8-9H2,1-2H3,(H,18,19). The molecule has 1 aromatic carbocycles. The number of benzene rings is 1. The number of carbonyl (C=O) groups is 2. The van der Waals surface area contributed by atoms with Crippen molar-refractivity contribution in [2.24, 2.45) is 5.92 Å². The Bertz CT molecular complexity index is 680. The lowest BCUT2D eigenvalue weighted by Crippen LogP contribution is -2.36. The van der Waals surface area contributed by atoms with Gasteiger partial charge in [-0.3, -0.25) is 4.79 Å². The van der Waals surface area contributed by atoms with Crippen molar-refractivity contribution >= 4 is 11.9 Å². The molecule has 0 fully saturated rings. The number of fused-ring (bicyclic) bond motifs is 1. The van der Waals surface area contributed by atoms with Gasteiger partial charge in [-0.2, -0.15) is 0 Å². The third-order valence-corrected chi connectivity index (χ3v) is 3.99. The van der Waals surface area contributed by atoms with Crippen molar-refractivity contribution in [1.29, 1.82) is 0 Å². The van der Waals surface area contributed by atoms with E-state index in [2.05, 4.69) is 5.32 Å². The molecule has 6 heteroatoms. The summed E-state index contributed by atoms with van der Waals surface area (Å²) in [4.78, 5) is 24.1. The van der Waals surface area contributed by atoms with Gasteiger partial charge < -0.3 is 19.5 Å². The highest BCUT2D eigenvalue weighted by molar-refractivity contribution is 5.94. The van der Waals surface area contributed by atoms with Crippen molar-refractivity contribution in [3.05, 3.63) is 35.0 Å². The minimum Gasteiger partial charge on any atom is -0.463 e. The van der Waals surface area contributed by atoms with Crippen LogP contribution in [-0.2, 0) is 20.7 Å². The maximum absolute atomic E-state index is 12.2. The van der Waals surface area contributed by atoms with Crippen LogP contribution in [0.25, 0.3) is 0 Å². The van der Waals surface area contributed by atoms with E-state index in [0.29, 0.717) is 35.8 Å². The molecular formula is C17H19NO5. The van der Waals surface area contributed by atoms with Crippen LogP contribution in [-0.4, -0.2) is 25.3 Å². The van der Waals surface area contributed by atoms with Gasteiger partial charge in [0.15, 0.2) is 11.5 Å². The Balaban J connectivity index is 1.85. The van der Waals surface area contributed by atoms with Crippen LogP contribution in [0, 0.1) is 5.92 Å². The van der Waals surface area contributed by atoms with Gasteiger partial charge in [0, 0.05) is 18.0 Å². The fourth-order valence-corrected chi connectivity index (χ4v) is 3.01. The summed E-state index contributed by atoms with van der Waals surface area (Å²) in [6, 6.07) is 5.67. The molecule has 0 saturated carbocycles. The average Bonchev–Trinajstić information content (AvgIpc) is 2.94. The zero-order valence-corrected chi connectivity index (χ0v) is 13.2. The van der Waals surface area contributed by atoms with E-state index < -0.39 is 0 Å². The molecule has 1 N–H and O–H groups in total. The summed E-state index contributed by atoms with van der Waals surface area (Å²) in [5.41, 5.74) is 2.11. The second-order valence-electron chi connectivity index (χ2n) is 5.60. The Morgan fingerprint density at radius 2 is 2.13 bits per heavy atom. The van der Waals surface area contributed by atoms with Crippen LogP contribution in [0.4, 0.5) is 0 Å². The average molecular weight is 317 g/mol. The van der Waals surface area contributed by atoms with Crippen LogP contribution in [0.5, 0.6) is 11.5 Å². The molecule has 2 heterocycles. The number of nitrogens with one attached hydrogen (secondary N) is 1. The highest BCUT2D eigenvalue weighted by Crippen LogP contribution is 2.35. The minimum atomic E-state index is -0.365. The van der Waals surface area contributed by atoms with Gasteiger partial charge in [-0.25, -0.2) is 4.79 Å². The Kier molecular flexibility index (Phi) is 4.23. The summed E-state index contributed by atoms with van der Waals surface area (Å²) in [5.74, 6) is 0.758. The molecule has 3 rings (SSSR count). The van der Waals surface area contributed by atoms with Gasteiger partial charge in [-0.15, -0.1) is 0 Å². The van der Waals surface area contributed by atoms with Crippen LogP contribution < -0.4 is 14.8 Å². The highest BCUT2D eigenvalue weighted by Gasteiger charge is 2.31. The Morgan fingerprint density at radius 3 is 2.91 bits per heavy atom. The Labute approximate surface area is 134 Å². The first kappa shape index (κ1) is 15.4. The molecule has 23 heavy (non-hydrogen) atoms. The maximum atomic E-state index is 12.2. The van der Waals surface area contributed by atoms with Crippen LogP contribution in [0.15, 0.2) is 29.5 Å². The number of carbonyl (C=O) groups excluding carboxylic acids is 2. The molecule has 1 amide bonds. The third kappa shape index (κ3) is 3.16. The number of hydrogen-bond acceptors (Lipinski definition) is 5. The van der Waals surface area contributed by atoms with E-state index in [4.69, 9.17) is 14.2 Å². The number of amides is 1. The third-order valence-electron chi connectivity index (χ3n) is 3.99. The minimum absolute atomic E-state index is 0.0821. The topological polar surface area (TPSA) is 73.9 Å². The van der Waals surface area contributed by atoms with Crippen molar-refractivity contribution in [2.75, 3.05) is 13.4 Å². The summed E-state index contributed by atoms with van der Waals surface area (Å²) < 4.78 is 15.8. The zero-order chi connectivity index (χ0) is 16.4. The van der Waals surface area contributed by atoms with Gasteiger partial charge in [0.2, 0.25) is 12.7 Å². The second kappa shape index (κ2) is 6.32. The van der Waals surface area contributed by atoms with Gasteiger partial charge in [-0.1, -0.05) is 6.07 Å². The molecule has 1 atom stereocenters. The smallest absolute Gasteiger partial charge is 0.336 e. The molecule has 1 aromatic rings. The van der Waals surface area contributed by atoms with E-state index in [1.165, 1.54) is 0 Å². The first-order valence-corrected chi connectivity index (χ1v) is 7.64. The molecular weight excluding hydrogens is 298 g/mol. The summed E-state index contributed by atoms with van der Waals surface area (Å²) >= 11 is 0. The summed E-state index contributed by atoms with van der Waals surface area (Å²) in [5, 5.41) is 2.72. The van der Waals surface area contributed by atoms with Gasteiger partial charge in [0.1, 0.15) is 0 Å². The van der Waals surface area contributed by atoms with E-state index in [-0.39, 0.29) is 31.0 Å². The fraction of sp³-hybridized carbons (Fsp3) is 0.412. The lowest BCUT2D eigenvalue weighted by molar-refractivity contribution is -0.139. The predicted molar refractivity (Wildman–Crippen MR) is 81.9 cm³/mol. The first-order chi connectivity index (χ1) is 11.1. The number of allylic oxidation sites excluding steroid dienone is 1. The molecule has 6 nitrogen and oxygen atoms in total. The number of ether oxygens (including phenoxy) is 3. The Hall–Kier alpha value is -2.50. The number of hydrogen-bond donors (Lipinski definition) is 1. The van der Waals surface area contributed by atoms with Crippen molar-refractivity contribution < 1.29 is 23.8 Å². The molecule has 2 aliphatic rings. The van der Waals surface area contributed by atoms with E-state index in [1.54, 1.807) is 13.8 Å². The van der Waals surface area contributed by atoms with Gasteiger partial charge in [-0.05, 0) is 38.0 Å². The van der Waals surface area contributed by atoms with Crippen LogP contribution >= 0.6 is 0 Å². The summed E-state index contributed by atoms with van der Waals surface area (Å²) in [6.45, 7) is 4.02. The van der Waals surface area contributed by atoms with Gasteiger partial charge in [0.25, 0.3) is 0 Å². The van der Waals surface area contributed by atoms with E-state index in [9.17, 15) is 9.59 Å². The second-order valence-corrected chi connectivity index (χ2v) is 5.60. The number of rotatable bonds is 4. The molecule has 0 spiro atoms. The molecule has 2 aliphatic heterocycles. The van der Waals surface area contributed by atoms with E-state index >= 15 is 0 Å². The molecule has 0 aliphatic carbocycles.